The maximum atomic E-state index is 5.95. The first-order chi connectivity index (χ1) is 12.3. The van der Waals surface area contributed by atoms with Gasteiger partial charge in [-0.25, -0.2) is 4.98 Å². The SMILES string of the molecule is Cc1ccccc1OCCCn1c(-c2cccs2)nc2ccccc21. The van der Waals surface area contributed by atoms with Crippen molar-refractivity contribution in [3.63, 3.8) is 0 Å². The van der Waals surface area contributed by atoms with E-state index in [2.05, 4.69) is 53.3 Å². The molecule has 0 fully saturated rings. The van der Waals surface area contributed by atoms with Crippen LogP contribution in [-0.2, 0) is 6.54 Å². The molecule has 0 saturated heterocycles. The van der Waals surface area contributed by atoms with Gasteiger partial charge in [0.15, 0.2) is 5.82 Å². The molecule has 4 heteroatoms. The smallest absolute Gasteiger partial charge is 0.151 e. The molecule has 2 aromatic heterocycles. The van der Waals surface area contributed by atoms with Crippen molar-refractivity contribution in [1.29, 1.82) is 0 Å². The number of rotatable bonds is 6. The predicted molar refractivity (Wildman–Crippen MR) is 104 cm³/mol. The monoisotopic (exact) mass is 348 g/mol. The van der Waals surface area contributed by atoms with Gasteiger partial charge in [-0.2, -0.15) is 0 Å². The lowest BCUT2D eigenvalue weighted by Gasteiger charge is -2.11. The average molecular weight is 348 g/mol. The molecule has 25 heavy (non-hydrogen) atoms. The number of thiophene rings is 1. The third kappa shape index (κ3) is 3.30. The van der Waals surface area contributed by atoms with Crippen LogP contribution >= 0.6 is 11.3 Å². The second-order valence-electron chi connectivity index (χ2n) is 6.02. The first kappa shape index (κ1) is 15.9. The molecule has 2 heterocycles. The number of aromatic nitrogens is 2. The van der Waals surface area contributed by atoms with Crippen LogP contribution in [-0.4, -0.2) is 16.2 Å². The van der Waals surface area contributed by atoms with Crippen LogP contribution in [0.15, 0.2) is 66.0 Å². The van der Waals surface area contributed by atoms with Crippen LogP contribution in [0.2, 0.25) is 0 Å². The standard InChI is InChI=1S/C21H20N2OS/c1-16-8-2-5-11-19(16)24-14-7-13-23-18-10-4-3-9-17(18)22-21(23)20-12-6-15-25-20/h2-6,8-12,15H,7,13-14H2,1H3. The Morgan fingerprint density at radius 2 is 1.84 bits per heavy atom. The van der Waals surface area contributed by atoms with Crippen LogP contribution in [0.1, 0.15) is 12.0 Å². The summed E-state index contributed by atoms with van der Waals surface area (Å²) in [6.45, 7) is 3.66. The summed E-state index contributed by atoms with van der Waals surface area (Å²) in [5, 5.41) is 2.10. The van der Waals surface area contributed by atoms with E-state index in [1.807, 2.05) is 24.3 Å². The number of aryl methyl sites for hydroxylation is 2. The summed E-state index contributed by atoms with van der Waals surface area (Å²) >= 11 is 1.73. The number of benzene rings is 2. The molecule has 0 saturated carbocycles. The van der Waals surface area contributed by atoms with Gasteiger partial charge in [0.05, 0.1) is 22.5 Å². The van der Waals surface area contributed by atoms with E-state index in [4.69, 9.17) is 9.72 Å². The number of hydrogen-bond donors (Lipinski definition) is 0. The Labute approximate surface area is 151 Å². The van der Waals surface area contributed by atoms with Crippen LogP contribution in [0.25, 0.3) is 21.7 Å². The van der Waals surface area contributed by atoms with Crippen LogP contribution in [0.4, 0.5) is 0 Å². The Morgan fingerprint density at radius 3 is 2.68 bits per heavy atom. The maximum absolute atomic E-state index is 5.95. The van der Waals surface area contributed by atoms with Crippen molar-refractivity contribution in [2.45, 2.75) is 19.9 Å². The summed E-state index contributed by atoms with van der Waals surface area (Å²) < 4.78 is 8.25. The van der Waals surface area contributed by atoms with E-state index in [0.29, 0.717) is 6.61 Å². The summed E-state index contributed by atoms with van der Waals surface area (Å²) in [5.74, 6) is 2.02. The van der Waals surface area contributed by atoms with Crippen molar-refractivity contribution in [3.8, 4) is 16.5 Å². The summed E-state index contributed by atoms with van der Waals surface area (Å²) in [6.07, 6.45) is 0.938. The van der Waals surface area contributed by atoms with E-state index in [1.165, 1.54) is 16.0 Å². The van der Waals surface area contributed by atoms with E-state index >= 15 is 0 Å². The van der Waals surface area contributed by atoms with Gasteiger partial charge in [0.2, 0.25) is 0 Å². The number of nitrogens with zero attached hydrogens (tertiary/aromatic N) is 2. The molecular formula is C21H20N2OS. The number of fused-ring (bicyclic) bond motifs is 1. The Kier molecular flexibility index (Phi) is 4.53. The first-order valence-electron chi connectivity index (χ1n) is 8.50. The lowest BCUT2D eigenvalue weighted by Crippen LogP contribution is -2.06. The van der Waals surface area contributed by atoms with Gasteiger partial charge in [-0.15, -0.1) is 11.3 Å². The van der Waals surface area contributed by atoms with Crippen molar-refractivity contribution in [3.05, 3.63) is 71.6 Å². The molecule has 0 aliphatic heterocycles. The molecule has 0 radical (unpaired) electrons. The predicted octanol–water partition coefficient (Wildman–Crippen LogP) is 5.54. The molecule has 0 amide bonds. The third-order valence-corrected chi connectivity index (χ3v) is 5.14. The lowest BCUT2D eigenvalue weighted by molar-refractivity contribution is 0.301. The van der Waals surface area contributed by atoms with Gasteiger partial charge >= 0.3 is 0 Å². The van der Waals surface area contributed by atoms with Gasteiger partial charge in [-0.3, -0.25) is 0 Å². The molecule has 4 aromatic rings. The van der Waals surface area contributed by atoms with Crippen LogP contribution in [0.5, 0.6) is 5.75 Å². The van der Waals surface area contributed by atoms with Crippen LogP contribution in [0.3, 0.4) is 0 Å². The van der Waals surface area contributed by atoms with Crippen molar-refractivity contribution in [1.82, 2.24) is 9.55 Å². The molecule has 0 aliphatic carbocycles. The molecule has 0 unspecified atom stereocenters. The van der Waals surface area contributed by atoms with Gasteiger partial charge in [0, 0.05) is 6.54 Å². The number of para-hydroxylation sites is 3. The van der Waals surface area contributed by atoms with E-state index in [1.54, 1.807) is 11.3 Å². The number of imidazole rings is 1. The molecule has 0 spiro atoms. The highest BCUT2D eigenvalue weighted by molar-refractivity contribution is 7.13. The molecule has 0 aliphatic rings. The van der Waals surface area contributed by atoms with Crippen molar-refractivity contribution < 1.29 is 4.74 Å². The fourth-order valence-electron chi connectivity index (χ4n) is 3.02. The molecule has 0 bridgehead atoms. The van der Waals surface area contributed by atoms with Crippen molar-refractivity contribution in [2.75, 3.05) is 6.61 Å². The number of ether oxygens (including phenoxy) is 1. The van der Waals surface area contributed by atoms with Crippen LogP contribution < -0.4 is 4.74 Å². The fourth-order valence-corrected chi connectivity index (χ4v) is 3.74. The van der Waals surface area contributed by atoms with Gasteiger partial charge in [0.1, 0.15) is 5.75 Å². The Hall–Kier alpha value is -2.59. The fraction of sp³-hybridized carbons (Fsp3) is 0.190. The normalized spacial score (nSPS) is 11.1. The molecule has 0 N–H and O–H groups in total. The second kappa shape index (κ2) is 7.11. The highest BCUT2D eigenvalue weighted by Crippen LogP contribution is 2.28. The van der Waals surface area contributed by atoms with E-state index in [0.717, 1.165) is 30.1 Å². The molecule has 2 aromatic carbocycles. The minimum Gasteiger partial charge on any atom is -0.493 e. The van der Waals surface area contributed by atoms with Gasteiger partial charge in [-0.05, 0) is 48.6 Å². The maximum Gasteiger partial charge on any atom is 0.151 e. The Balaban J connectivity index is 1.53. The second-order valence-corrected chi connectivity index (χ2v) is 6.97. The van der Waals surface area contributed by atoms with Gasteiger partial charge in [-0.1, -0.05) is 36.4 Å². The van der Waals surface area contributed by atoms with Crippen LogP contribution in [0, 0.1) is 6.92 Å². The van der Waals surface area contributed by atoms with E-state index < -0.39 is 0 Å². The highest BCUT2D eigenvalue weighted by atomic mass is 32.1. The zero-order chi connectivity index (χ0) is 17.1. The minimum absolute atomic E-state index is 0.696. The molecular weight excluding hydrogens is 328 g/mol. The van der Waals surface area contributed by atoms with Crippen molar-refractivity contribution >= 4 is 22.4 Å². The summed E-state index contributed by atoms with van der Waals surface area (Å²) in [6, 6.07) is 20.7. The first-order valence-corrected chi connectivity index (χ1v) is 9.38. The summed E-state index contributed by atoms with van der Waals surface area (Å²) in [4.78, 5) is 6.04. The topological polar surface area (TPSA) is 27.1 Å². The Bertz CT molecular complexity index is 973. The van der Waals surface area contributed by atoms with Gasteiger partial charge < -0.3 is 9.30 Å². The molecule has 4 rings (SSSR count). The minimum atomic E-state index is 0.696. The quantitative estimate of drug-likeness (QED) is 0.428. The highest BCUT2D eigenvalue weighted by Gasteiger charge is 2.12. The van der Waals surface area contributed by atoms with Gasteiger partial charge in [0.25, 0.3) is 0 Å². The molecule has 0 atom stereocenters. The largest absolute Gasteiger partial charge is 0.493 e. The summed E-state index contributed by atoms with van der Waals surface area (Å²) in [5.41, 5.74) is 3.40. The Morgan fingerprint density at radius 1 is 1.00 bits per heavy atom. The molecule has 3 nitrogen and oxygen atoms in total. The van der Waals surface area contributed by atoms with Crippen molar-refractivity contribution in [2.24, 2.45) is 0 Å². The molecule has 126 valence electrons. The average Bonchev–Trinajstić information content (AvgIpc) is 3.28. The van der Waals surface area contributed by atoms with E-state index in [9.17, 15) is 0 Å². The third-order valence-electron chi connectivity index (χ3n) is 4.27. The van der Waals surface area contributed by atoms with E-state index in [-0.39, 0.29) is 0 Å². The zero-order valence-corrected chi connectivity index (χ0v) is 15.0. The summed E-state index contributed by atoms with van der Waals surface area (Å²) in [7, 11) is 0. The zero-order valence-electron chi connectivity index (χ0n) is 14.2. The number of hydrogen-bond acceptors (Lipinski definition) is 3. The lowest BCUT2D eigenvalue weighted by atomic mass is 10.2.